The van der Waals surface area contributed by atoms with Crippen LogP contribution in [-0.2, 0) is 9.53 Å². The molecule has 3 unspecified atom stereocenters. The summed E-state index contributed by atoms with van der Waals surface area (Å²) in [5.41, 5.74) is 0. The molecule has 0 bridgehead atoms. The van der Waals surface area contributed by atoms with E-state index in [1.165, 1.54) is 0 Å². The molecule has 0 radical (unpaired) electrons. The highest BCUT2D eigenvalue weighted by atomic mass is 16.5. The minimum Gasteiger partial charge on any atom is -0.481 e. The standard InChI is InChI=1S/C10H16O3/c11-10(12)8-3-4-9-7(6-8)2-1-5-13-9/h7-9H,1-6H2,(H,11,12). The van der Waals surface area contributed by atoms with Crippen molar-refractivity contribution in [3.8, 4) is 0 Å². The highest BCUT2D eigenvalue weighted by Crippen LogP contribution is 2.36. The van der Waals surface area contributed by atoms with Crippen molar-refractivity contribution in [2.45, 2.75) is 38.2 Å². The summed E-state index contributed by atoms with van der Waals surface area (Å²) in [6, 6.07) is 0. The number of ether oxygens (including phenoxy) is 1. The lowest BCUT2D eigenvalue weighted by Gasteiger charge is -2.37. The molecule has 0 amide bonds. The molecule has 1 N–H and O–H groups in total. The van der Waals surface area contributed by atoms with Crippen LogP contribution in [0.15, 0.2) is 0 Å². The van der Waals surface area contributed by atoms with E-state index in [2.05, 4.69) is 0 Å². The number of aliphatic carboxylic acids is 1. The first-order valence-electron chi connectivity index (χ1n) is 5.12. The Balaban J connectivity index is 1.95. The van der Waals surface area contributed by atoms with E-state index < -0.39 is 5.97 Å². The summed E-state index contributed by atoms with van der Waals surface area (Å²) in [5, 5.41) is 8.89. The summed E-state index contributed by atoms with van der Waals surface area (Å²) in [6.45, 7) is 0.874. The van der Waals surface area contributed by atoms with E-state index in [0.717, 1.165) is 38.7 Å². The van der Waals surface area contributed by atoms with Crippen molar-refractivity contribution in [2.24, 2.45) is 11.8 Å². The Morgan fingerprint density at radius 1 is 1.31 bits per heavy atom. The lowest BCUT2D eigenvalue weighted by Crippen LogP contribution is -2.37. The third-order valence-corrected chi connectivity index (χ3v) is 3.31. The maximum Gasteiger partial charge on any atom is 0.306 e. The Hall–Kier alpha value is -0.570. The molecule has 3 atom stereocenters. The molecule has 0 aromatic rings. The lowest BCUT2D eigenvalue weighted by atomic mass is 9.76. The molecule has 1 heterocycles. The van der Waals surface area contributed by atoms with Gasteiger partial charge in [0.15, 0.2) is 0 Å². The molecule has 2 aliphatic rings. The summed E-state index contributed by atoms with van der Waals surface area (Å²) in [5.74, 6) is -0.212. The Bertz CT molecular complexity index is 202. The molecule has 3 nitrogen and oxygen atoms in total. The Morgan fingerprint density at radius 2 is 2.15 bits per heavy atom. The van der Waals surface area contributed by atoms with Gasteiger partial charge in [0.05, 0.1) is 12.0 Å². The van der Waals surface area contributed by atoms with Crippen molar-refractivity contribution in [1.29, 1.82) is 0 Å². The Kier molecular flexibility index (Phi) is 2.54. The topological polar surface area (TPSA) is 46.5 Å². The maximum absolute atomic E-state index is 10.8. The third kappa shape index (κ3) is 1.85. The molecule has 1 aliphatic heterocycles. The summed E-state index contributed by atoms with van der Waals surface area (Å²) in [4.78, 5) is 10.8. The first-order valence-corrected chi connectivity index (χ1v) is 5.12. The van der Waals surface area contributed by atoms with Gasteiger partial charge >= 0.3 is 5.97 Å². The molecule has 0 spiro atoms. The van der Waals surface area contributed by atoms with Crippen LogP contribution in [0.1, 0.15) is 32.1 Å². The van der Waals surface area contributed by atoms with Crippen LogP contribution in [0.4, 0.5) is 0 Å². The van der Waals surface area contributed by atoms with E-state index in [0.29, 0.717) is 12.0 Å². The summed E-state index contributed by atoms with van der Waals surface area (Å²) in [6.07, 6.45) is 5.21. The van der Waals surface area contributed by atoms with Gasteiger partial charge in [0.2, 0.25) is 0 Å². The molecule has 1 saturated heterocycles. The van der Waals surface area contributed by atoms with Gasteiger partial charge in [0.25, 0.3) is 0 Å². The average molecular weight is 184 g/mol. The summed E-state index contributed by atoms with van der Waals surface area (Å²) < 4.78 is 5.62. The molecule has 0 aromatic heterocycles. The molecule has 2 fully saturated rings. The number of hydrogen-bond acceptors (Lipinski definition) is 2. The normalized spacial score (nSPS) is 39.5. The van der Waals surface area contributed by atoms with E-state index in [-0.39, 0.29) is 5.92 Å². The van der Waals surface area contributed by atoms with Crippen molar-refractivity contribution in [3.05, 3.63) is 0 Å². The molecule has 13 heavy (non-hydrogen) atoms. The van der Waals surface area contributed by atoms with Gasteiger partial charge in [-0.25, -0.2) is 0 Å². The van der Waals surface area contributed by atoms with Gasteiger partial charge in [-0.15, -0.1) is 0 Å². The van der Waals surface area contributed by atoms with Crippen molar-refractivity contribution in [3.63, 3.8) is 0 Å². The van der Waals surface area contributed by atoms with Gasteiger partial charge in [-0.05, 0) is 38.0 Å². The maximum atomic E-state index is 10.8. The minimum absolute atomic E-state index is 0.108. The number of hydrogen-bond donors (Lipinski definition) is 1. The molecular formula is C10H16O3. The summed E-state index contributed by atoms with van der Waals surface area (Å²) >= 11 is 0. The van der Waals surface area contributed by atoms with Crippen LogP contribution in [0.3, 0.4) is 0 Å². The van der Waals surface area contributed by atoms with Gasteiger partial charge in [-0.2, -0.15) is 0 Å². The zero-order chi connectivity index (χ0) is 9.26. The average Bonchev–Trinajstić information content (AvgIpc) is 2.17. The quantitative estimate of drug-likeness (QED) is 0.674. The van der Waals surface area contributed by atoms with Crippen LogP contribution in [0.5, 0.6) is 0 Å². The smallest absolute Gasteiger partial charge is 0.306 e. The fourth-order valence-corrected chi connectivity index (χ4v) is 2.56. The first kappa shape index (κ1) is 9.00. The van der Waals surface area contributed by atoms with Gasteiger partial charge < -0.3 is 9.84 Å². The predicted octanol–water partition coefficient (Wildman–Crippen LogP) is 1.67. The molecule has 3 heteroatoms. The van der Waals surface area contributed by atoms with E-state index >= 15 is 0 Å². The molecular weight excluding hydrogens is 168 g/mol. The van der Waals surface area contributed by atoms with Crippen LogP contribution in [0, 0.1) is 11.8 Å². The second-order valence-electron chi connectivity index (χ2n) is 4.16. The highest BCUT2D eigenvalue weighted by molar-refractivity contribution is 5.70. The van der Waals surface area contributed by atoms with Crippen LogP contribution in [-0.4, -0.2) is 23.8 Å². The largest absolute Gasteiger partial charge is 0.481 e. The van der Waals surface area contributed by atoms with Crippen molar-refractivity contribution in [2.75, 3.05) is 6.61 Å². The lowest BCUT2D eigenvalue weighted by molar-refractivity contribution is -0.146. The van der Waals surface area contributed by atoms with Crippen molar-refractivity contribution in [1.82, 2.24) is 0 Å². The zero-order valence-electron chi connectivity index (χ0n) is 7.74. The molecule has 1 aliphatic carbocycles. The first-order chi connectivity index (χ1) is 6.27. The van der Waals surface area contributed by atoms with Gasteiger partial charge in [0.1, 0.15) is 0 Å². The van der Waals surface area contributed by atoms with Crippen molar-refractivity contribution < 1.29 is 14.6 Å². The van der Waals surface area contributed by atoms with Gasteiger partial charge in [0, 0.05) is 6.61 Å². The number of fused-ring (bicyclic) bond motifs is 1. The van der Waals surface area contributed by atoms with Gasteiger partial charge in [-0.1, -0.05) is 0 Å². The third-order valence-electron chi connectivity index (χ3n) is 3.31. The molecule has 2 rings (SSSR count). The minimum atomic E-state index is -0.621. The molecule has 1 saturated carbocycles. The SMILES string of the molecule is O=C(O)C1CCC2OCCCC2C1. The van der Waals surface area contributed by atoms with E-state index in [4.69, 9.17) is 9.84 Å². The van der Waals surface area contributed by atoms with Crippen LogP contribution < -0.4 is 0 Å². The number of rotatable bonds is 1. The van der Waals surface area contributed by atoms with Gasteiger partial charge in [-0.3, -0.25) is 4.79 Å². The number of carboxylic acid groups (broad SMARTS) is 1. The van der Waals surface area contributed by atoms with E-state index in [1.807, 2.05) is 0 Å². The zero-order valence-corrected chi connectivity index (χ0v) is 7.74. The molecule has 74 valence electrons. The highest BCUT2D eigenvalue weighted by Gasteiger charge is 2.35. The molecule has 0 aromatic carbocycles. The number of carboxylic acids is 1. The predicted molar refractivity (Wildman–Crippen MR) is 47.4 cm³/mol. The second kappa shape index (κ2) is 3.66. The van der Waals surface area contributed by atoms with E-state index in [9.17, 15) is 4.79 Å². The second-order valence-corrected chi connectivity index (χ2v) is 4.16. The van der Waals surface area contributed by atoms with Crippen molar-refractivity contribution >= 4 is 5.97 Å². The van der Waals surface area contributed by atoms with Crippen LogP contribution in [0.25, 0.3) is 0 Å². The van der Waals surface area contributed by atoms with E-state index in [1.54, 1.807) is 0 Å². The van der Waals surface area contributed by atoms with Crippen LogP contribution >= 0.6 is 0 Å². The Morgan fingerprint density at radius 3 is 2.92 bits per heavy atom. The fourth-order valence-electron chi connectivity index (χ4n) is 2.56. The Labute approximate surface area is 78.1 Å². The number of carbonyl (C=O) groups is 1. The van der Waals surface area contributed by atoms with Crippen LogP contribution in [0.2, 0.25) is 0 Å². The fraction of sp³-hybridized carbons (Fsp3) is 0.900. The summed E-state index contributed by atoms with van der Waals surface area (Å²) in [7, 11) is 0. The monoisotopic (exact) mass is 184 g/mol.